The molecule has 0 saturated carbocycles. The minimum atomic E-state index is -0.195. The minimum Gasteiger partial charge on any atom is -0.444 e. The molecule has 25 heavy (non-hydrogen) atoms. The quantitative estimate of drug-likeness (QED) is 0.877. The molecule has 1 fully saturated rings. The van der Waals surface area contributed by atoms with Gasteiger partial charge in [0, 0.05) is 31.7 Å². The number of anilines is 1. The fraction of sp³-hybridized carbons (Fsp3) is 0.611. The predicted octanol–water partition coefficient (Wildman–Crippen LogP) is 1.87. The number of aryl methyl sites for hydroxylation is 1. The highest BCUT2D eigenvalue weighted by atomic mass is 16.4. The van der Waals surface area contributed by atoms with E-state index in [1.165, 1.54) is 0 Å². The van der Waals surface area contributed by atoms with Gasteiger partial charge in [-0.2, -0.15) is 10.5 Å². The smallest absolute Gasteiger partial charge is 0.240 e. The first kappa shape index (κ1) is 19.0. The van der Waals surface area contributed by atoms with E-state index in [9.17, 15) is 15.3 Å². The monoisotopic (exact) mass is 343 g/mol. The van der Waals surface area contributed by atoms with Crippen LogP contribution in [-0.2, 0) is 4.79 Å². The van der Waals surface area contributed by atoms with Crippen molar-refractivity contribution < 1.29 is 9.21 Å². The van der Waals surface area contributed by atoms with Crippen LogP contribution in [0.1, 0.15) is 30.7 Å². The van der Waals surface area contributed by atoms with Crippen LogP contribution in [0.3, 0.4) is 0 Å². The molecule has 1 aliphatic heterocycles. The molecule has 1 atom stereocenters. The highest BCUT2D eigenvalue weighted by Crippen LogP contribution is 2.25. The molecule has 0 aliphatic carbocycles. The number of furan rings is 1. The van der Waals surface area contributed by atoms with E-state index in [0.717, 1.165) is 31.7 Å². The summed E-state index contributed by atoms with van der Waals surface area (Å²) >= 11 is 0. The van der Waals surface area contributed by atoms with Crippen LogP contribution in [0.2, 0.25) is 0 Å². The molecule has 1 aromatic heterocycles. The molecule has 7 heteroatoms. The fourth-order valence-electron chi connectivity index (χ4n) is 3.07. The van der Waals surface area contributed by atoms with Crippen LogP contribution in [-0.4, -0.2) is 54.5 Å². The van der Waals surface area contributed by atoms with Gasteiger partial charge in [0.15, 0.2) is 0 Å². The summed E-state index contributed by atoms with van der Waals surface area (Å²) in [5.41, 5.74) is 1.13. The molecule has 2 rings (SSSR count). The lowest BCUT2D eigenvalue weighted by atomic mass is 10.0. The lowest BCUT2D eigenvalue weighted by Crippen LogP contribution is -2.52. The summed E-state index contributed by atoms with van der Waals surface area (Å²) in [5, 5.41) is 21.2. The molecular weight excluding hydrogens is 318 g/mol. The second-order valence-corrected chi connectivity index (χ2v) is 6.78. The minimum absolute atomic E-state index is 0.0803. The van der Waals surface area contributed by atoms with Crippen LogP contribution >= 0.6 is 0 Å². The van der Waals surface area contributed by atoms with Gasteiger partial charge in [-0.05, 0) is 19.8 Å². The Hall–Kier alpha value is -2.35. The normalized spacial score (nSPS) is 17.1. The van der Waals surface area contributed by atoms with Crippen LogP contribution in [0.25, 0.3) is 0 Å². The maximum absolute atomic E-state index is 12.3. The molecule has 1 saturated heterocycles. The van der Waals surface area contributed by atoms with Crippen LogP contribution in [0.15, 0.2) is 4.42 Å². The molecule has 0 aromatic carbocycles. The van der Waals surface area contributed by atoms with Gasteiger partial charge in [0.25, 0.3) is 0 Å². The number of carbonyl (C=O) groups excluding carboxylic acids is 1. The maximum atomic E-state index is 12.3. The molecule has 0 unspecified atom stereocenters. The van der Waals surface area contributed by atoms with Crippen LogP contribution in [0.5, 0.6) is 0 Å². The predicted molar refractivity (Wildman–Crippen MR) is 93.8 cm³/mol. The zero-order valence-corrected chi connectivity index (χ0v) is 15.3. The molecule has 0 spiro atoms. The van der Waals surface area contributed by atoms with Gasteiger partial charge in [-0.1, -0.05) is 13.8 Å². The largest absolute Gasteiger partial charge is 0.444 e. The summed E-state index contributed by atoms with van der Waals surface area (Å²) in [7, 11) is 0. The zero-order chi connectivity index (χ0) is 18.6. The molecule has 2 heterocycles. The number of nitriles is 2. The average Bonchev–Trinajstić information content (AvgIpc) is 2.82. The Bertz CT molecular complexity index is 702. The lowest BCUT2D eigenvalue weighted by Gasteiger charge is -2.37. The third kappa shape index (κ3) is 4.39. The van der Waals surface area contributed by atoms with Crippen LogP contribution < -0.4 is 5.32 Å². The van der Waals surface area contributed by atoms with Gasteiger partial charge < -0.3 is 4.42 Å². The number of hydrogen-bond donors (Lipinski definition) is 1. The Kier molecular flexibility index (Phi) is 6.19. The first-order valence-corrected chi connectivity index (χ1v) is 8.53. The number of hydrogen-bond acceptors (Lipinski definition) is 6. The van der Waals surface area contributed by atoms with E-state index in [1.54, 1.807) is 13.8 Å². The van der Waals surface area contributed by atoms with Gasteiger partial charge in [0.05, 0.1) is 12.6 Å². The topological polar surface area (TPSA) is 96.3 Å². The summed E-state index contributed by atoms with van der Waals surface area (Å²) in [4.78, 5) is 16.5. The van der Waals surface area contributed by atoms with Crippen molar-refractivity contribution >= 4 is 11.8 Å². The Labute approximate surface area is 148 Å². The summed E-state index contributed by atoms with van der Waals surface area (Å²) in [5.74, 6) is 0.955. The van der Waals surface area contributed by atoms with Crippen LogP contribution in [0, 0.1) is 42.4 Å². The average molecular weight is 343 g/mol. The molecule has 7 nitrogen and oxygen atoms in total. The van der Waals surface area contributed by atoms with Crippen molar-refractivity contribution in [2.75, 3.05) is 38.0 Å². The SMILES string of the molecule is Cc1oc(NC(=O)CN2CCN([C@@H](C#N)C(C)C)CC2)c(C#N)c1C. The number of rotatable bonds is 5. The van der Waals surface area contributed by atoms with Gasteiger partial charge in [-0.3, -0.25) is 19.9 Å². The van der Waals surface area contributed by atoms with Crippen molar-refractivity contribution in [1.29, 1.82) is 10.5 Å². The summed E-state index contributed by atoms with van der Waals surface area (Å²) < 4.78 is 5.47. The van der Waals surface area contributed by atoms with Gasteiger partial charge in [0.2, 0.25) is 11.8 Å². The second kappa shape index (κ2) is 8.15. The zero-order valence-electron chi connectivity index (χ0n) is 15.3. The molecule has 0 radical (unpaired) electrons. The third-order valence-electron chi connectivity index (χ3n) is 4.68. The van der Waals surface area contributed by atoms with Crippen molar-refractivity contribution in [2.24, 2.45) is 5.92 Å². The van der Waals surface area contributed by atoms with Gasteiger partial charge in [0.1, 0.15) is 23.4 Å². The summed E-state index contributed by atoms with van der Waals surface area (Å²) in [6.07, 6.45) is 0. The Morgan fingerprint density at radius 3 is 2.40 bits per heavy atom. The highest BCUT2D eigenvalue weighted by molar-refractivity contribution is 5.92. The van der Waals surface area contributed by atoms with E-state index in [0.29, 0.717) is 11.3 Å². The molecule has 1 aliphatic rings. The molecule has 1 amide bonds. The van der Waals surface area contributed by atoms with Crippen molar-refractivity contribution in [3.63, 3.8) is 0 Å². The number of amides is 1. The Balaban J connectivity index is 1.88. The fourth-order valence-corrected chi connectivity index (χ4v) is 3.07. The van der Waals surface area contributed by atoms with E-state index in [-0.39, 0.29) is 30.3 Å². The van der Waals surface area contributed by atoms with E-state index >= 15 is 0 Å². The van der Waals surface area contributed by atoms with Crippen molar-refractivity contribution in [3.8, 4) is 12.1 Å². The molecule has 0 bridgehead atoms. The van der Waals surface area contributed by atoms with E-state index in [4.69, 9.17) is 4.42 Å². The Morgan fingerprint density at radius 2 is 1.88 bits per heavy atom. The summed E-state index contributed by atoms with van der Waals surface area (Å²) in [6, 6.07) is 4.35. The van der Waals surface area contributed by atoms with E-state index in [2.05, 4.69) is 27.3 Å². The number of piperazine rings is 1. The van der Waals surface area contributed by atoms with Gasteiger partial charge in [-0.25, -0.2) is 0 Å². The van der Waals surface area contributed by atoms with Gasteiger partial charge in [-0.15, -0.1) is 0 Å². The van der Waals surface area contributed by atoms with Crippen LogP contribution in [0.4, 0.5) is 5.88 Å². The molecule has 1 aromatic rings. The second-order valence-electron chi connectivity index (χ2n) is 6.78. The summed E-state index contributed by atoms with van der Waals surface area (Å²) in [6.45, 7) is 10.9. The van der Waals surface area contributed by atoms with E-state index in [1.807, 2.05) is 13.8 Å². The van der Waals surface area contributed by atoms with Crippen molar-refractivity contribution in [2.45, 2.75) is 33.7 Å². The first-order valence-electron chi connectivity index (χ1n) is 8.53. The molecular formula is C18H25N5O2. The maximum Gasteiger partial charge on any atom is 0.240 e. The highest BCUT2D eigenvalue weighted by Gasteiger charge is 2.27. The molecule has 1 N–H and O–H groups in total. The van der Waals surface area contributed by atoms with Gasteiger partial charge >= 0.3 is 0 Å². The number of nitrogens with zero attached hydrogens (tertiary/aromatic N) is 4. The number of carbonyl (C=O) groups is 1. The Morgan fingerprint density at radius 1 is 1.24 bits per heavy atom. The standard InChI is InChI=1S/C18H25N5O2/c1-12(2)16(10-20)23-7-5-22(6-8-23)11-17(24)21-18-15(9-19)13(3)14(4)25-18/h12,16H,5-8,11H2,1-4H3,(H,21,24)/t16-/m0/s1. The first-order chi connectivity index (χ1) is 11.9. The number of nitrogens with one attached hydrogen (secondary N) is 1. The molecule has 134 valence electrons. The third-order valence-corrected chi connectivity index (χ3v) is 4.68. The van der Waals surface area contributed by atoms with E-state index < -0.39 is 0 Å². The van der Waals surface area contributed by atoms with Crippen molar-refractivity contribution in [1.82, 2.24) is 9.80 Å². The van der Waals surface area contributed by atoms with Crippen molar-refractivity contribution in [3.05, 3.63) is 16.9 Å². The lowest BCUT2D eigenvalue weighted by molar-refractivity contribution is -0.117.